The van der Waals surface area contributed by atoms with Gasteiger partial charge in [0.25, 0.3) is 5.91 Å². The first kappa shape index (κ1) is 10.5. The standard InChI is InChI=1S/C7H9NO3S2/c1-3-11-6(10)4-5(9)8(2)7(12)13-4/h4H,3H2,1-2H3/t4-/m0/s1. The lowest BCUT2D eigenvalue weighted by Crippen LogP contribution is -2.32. The first-order valence-corrected chi connectivity index (χ1v) is 5.01. The van der Waals surface area contributed by atoms with Gasteiger partial charge >= 0.3 is 5.97 Å². The van der Waals surface area contributed by atoms with E-state index in [4.69, 9.17) is 17.0 Å². The number of esters is 1. The summed E-state index contributed by atoms with van der Waals surface area (Å²) in [5.41, 5.74) is 0. The fourth-order valence-corrected chi connectivity index (χ4v) is 2.11. The molecule has 0 N–H and O–H groups in total. The van der Waals surface area contributed by atoms with E-state index in [1.165, 1.54) is 4.90 Å². The van der Waals surface area contributed by atoms with Crippen LogP contribution in [-0.2, 0) is 14.3 Å². The van der Waals surface area contributed by atoms with E-state index in [1.807, 2.05) is 0 Å². The molecule has 1 atom stereocenters. The molecule has 0 radical (unpaired) electrons. The van der Waals surface area contributed by atoms with Crippen LogP contribution in [0.5, 0.6) is 0 Å². The molecule has 0 spiro atoms. The largest absolute Gasteiger partial charge is 0.465 e. The Hall–Kier alpha value is -0.620. The summed E-state index contributed by atoms with van der Waals surface area (Å²) in [6.45, 7) is 1.98. The molecule has 1 heterocycles. The SMILES string of the molecule is CCOC(=O)[C@H]1SC(=S)N(C)C1=O. The minimum atomic E-state index is -0.794. The third kappa shape index (κ3) is 2.00. The highest BCUT2D eigenvalue weighted by Gasteiger charge is 2.40. The van der Waals surface area contributed by atoms with Crippen molar-refractivity contribution >= 4 is 40.2 Å². The molecule has 1 saturated heterocycles. The number of nitrogens with zero attached hydrogens (tertiary/aromatic N) is 1. The van der Waals surface area contributed by atoms with Crippen molar-refractivity contribution in [2.45, 2.75) is 12.2 Å². The molecule has 1 fully saturated rings. The Labute approximate surface area is 85.6 Å². The Morgan fingerprint density at radius 2 is 2.38 bits per heavy atom. The van der Waals surface area contributed by atoms with Gasteiger partial charge in [-0.3, -0.25) is 14.5 Å². The summed E-state index contributed by atoms with van der Waals surface area (Å²) in [6.07, 6.45) is 0. The van der Waals surface area contributed by atoms with Crippen molar-refractivity contribution in [3.8, 4) is 0 Å². The van der Waals surface area contributed by atoms with Gasteiger partial charge in [0.2, 0.25) is 0 Å². The highest BCUT2D eigenvalue weighted by Crippen LogP contribution is 2.26. The van der Waals surface area contributed by atoms with Crippen LogP contribution in [0.3, 0.4) is 0 Å². The minimum Gasteiger partial charge on any atom is -0.465 e. The van der Waals surface area contributed by atoms with E-state index in [-0.39, 0.29) is 12.5 Å². The highest BCUT2D eigenvalue weighted by molar-refractivity contribution is 8.24. The van der Waals surface area contributed by atoms with E-state index in [0.29, 0.717) is 4.32 Å². The molecule has 4 nitrogen and oxygen atoms in total. The number of thiocarbonyl (C=S) groups is 1. The van der Waals surface area contributed by atoms with Gasteiger partial charge < -0.3 is 4.74 Å². The van der Waals surface area contributed by atoms with Gasteiger partial charge in [-0.1, -0.05) is 24.0 Å². The van der Waals surface area contributed by atoms with Crippen LogP contribution < -0.4 is 0 Å². The maximum absolute atomic E-state index is 11.3. The fourth-order valence-electron chi connectivity index (χ4n) is 0.863. The van der Waals surface area contributed by atoms with Gasteiger partial charge in [0.1, 0.15) is 4.32 Å². The molecule has 0 aromatic rings. The zero-order valence-corrected chi connectivity index (χ0v) is 8.91. The number of thioether (sulfide) groups is 1. The summed E-state index contributed by atoms with van der Waals surface area (Å²) in [4.78, 5) is 23.8. The predicted octanol–water partition coefficient (Wildman–Crippen LogP) is 0.408. The Morgan fingerprint density at radius 3 is 2.77 bits per heavy atom. The zero-order chi connectivity index (χ0) is 10.0. The van der Waals surface area contributed by atoms with Crippen LogP contribution in [-0.4, -0.2) is 40.0 Å². The maximum Gasteiger partial charge on any atom is 0.329 e. The van der Waals surface area contributed by atoms with Crippen molar-refractivity contribution in [3.05, 3.63) is 0 Å². The van der Waals surface area contributed by atoms with E-state index in [0.717, 1.165) is 11.8 Å². The highest BCUT2D eigenvalue weighted by atomic mass is 32.2. The lowest BCUT2D eigenvalue weighted by atomic mass is 10.4. The molecule has 6 heteroatoms. The number of ether oxygens (including phenoxy) is 1. The second-order valence-corrected chi connectivity index (χ2v) is 4.15. The van der Waals surface area contributed by atoms with Crippen LogP contribution in [0.4, 0.5) is 0 Å². The summed E-state index contributed by atoms with van der Waals surface area (Å²) in [6, 6.07) is 0. The first-order valence-electron chi connectivity index (χ1n) is 3.72. The van der Waals surface area contributed by atoms with Crippen LogP contribution in [0, 0.1) is 0 Å². The summed E-state index contributed by atoms with van der Waals surface area (Å²) in [7, 11) is 1.55. The Balaban J connectivity index is 2.68. The number of rotatable bonds is 2. The van der Waals surface area contributed by atoms with Crippen molar-refractivity contribution in [2.24, 2.45) is 0 Å². The van der Waals surface area contributed by atoms with E-state index >= 15 is 0 Å². The quantitative estimate of drug-likeness (QED) is 0.382. The van der Waals surface area contributed by atoms with Gasteiger partial charge in [-0.15, -0.1) is 0 Å². The van der Waals surface area contributed by atoms with Crippen LogP contribution in [0.15, 0.2) is 0 Å². The average molecular weight is 219 g/mol. The molecular formula is C7H9NO3S2. The maximum atomic E-state index is 11.3. The Bertz CT molecular complexity index is 266. The summed E-state index contributed by atoms with van der Waals surface area (Å²) < 4.78 is 5.15. The van der Waals surface area contributed by atoms with E-state index in [9.17, 15) is 9.59 Å². The van der Waals surface area contributed by atoms with Crippen molar-refractivity contribution in [2.75, 3.05) is 13.7 Å². The van der Waals surface area contributed by atoms with Crippen LogP contribution in [0.2, 0.25) is 0 Å². The van der Waals surface area contributed by atoms with Crippen LogP contribution in [0.1, 0.15) is 6.92 Å². The third-order valence-corrected chi connectivity index (χ3v) is 3.22. The van der Waals surface area contributed by atoms with Gasteiger partial charge in [-0.05, 0) is 6.92 Å². The normalized spacial score (nSPS) is 22.3. The van der Waals surface area contributed by atoms with E-state index in [1.54, 1.807) is 14.0 Å². The summed E-state index contributed by atoms with van der Waals surface area (Å²) in [5, 5.41) is -0.794. The van der Waals surface area contributed by atoms with Gasteiger partial charge in [-0.2, -0.15) is 0 Å². The molecule has 1 rings (SSSR count). The molecule has 1 amide bonds. The minimum absolute atomic E-state index is 0.277. The van der Waals surface area contributed by atoms with Crippen molar-refractivity contribution in [1.82, 2.24) is 4.90 Å². The van der Waals surface area contributed by atoms with Crippen molar-refractivity contribution in [1.29, 1.82) is 0 Å². The number of carbonyl (C=O) groups is 2. The number of hydrogen-bond acceptors (Lipinski definition) is 5. The van der Waals surface area contributed by atoms with Crippen molar-refractivity contribution in [3.63, 3.8) is 0 Å². The number of carbonyl (C=O) groups excluding carboxylic acids is 2. The second kappa shape index (κ2) is 4.06. The second-order valence-electron chi connectivity index (χ2n) is 2.41. The topological polar surface area (TPSA) is 46.6 Å². The lowest BCUT2D eigenvalue weighted by Gasteiger charge is -2.06. The predicted molar refractivity (Wildman–Crippen MR) is 53.4 cm³/mol. The summed E-state index contributed by atoms with van der Waals surface area (Å²) >= 11 is 5.92. The summed E-state index contributed by atoms with van der Waals surface area (Å²) in [5.74, 6) is -0.808. The van der Waals surface area contributed by atoms with E-state index < -0.39 is 11.2 Å². The van der Waals surface area contributed by atoms with Gasteiger partial charge in [0.15, 0.2) is 5.25 Å². The van der Waals surface area contributed by atoms with Crippen LogP contribution >= 0.6 is 24.0 Å². The Morgan fingerprint density at radius 1 is 1.77 bits per heavy atom. The first-order chi connectivity index (χ1) is 6.07. The molecule has 0 aromatic heterocycles. The molecule has 0 unspecified atom stereocenters. The number of hydrogen-bond donors (Lipinski definition) is 0. The smallest absolute Gasteiger partial charge is 0.329 e. The molecule has 0 saturated carbocycles. The van der Waals surface area contributed by atoms with Crippen molar-refractivity contribution < 1.29 is 14.3 Å². The third-order valence-electron chi connectivity index (χ3n) is 1.55. The Kier molecular flexibility index (Phi) is 3.27. The molecule has 72 valence electrons. The lowest BCUT2D eigenvalue weighted by molar-refractivity contribution is -0.145. The molecule has 1 aliphatic heterocycles. The molecule has 0 bridgehead atoms. The molecule has 0 aromatic carbocycles. The number of amides is 1. The van der Waals surface area contributed by atoms with Gasteiger partial charge in [-0.25, -0.2) is 0 Å². The fraction of sp³-hybridized carbons (Fsp3) is 0.571. The zero-order valence-electron chi connectivity index (χ0n) is 7.27. The van der Waals surface area contributed by atoms with Gasteiger partial charge in [0.05, 0.1) is 6.61 Å². The molecule has 1 aliphatic rings. The molecular weight excluding hydrogens is 210 g/mol. The molecule has 0 aliphatic carbocycles. The molecule has 13 heavy (non-hydrogen) atoms. The van der Waals surface area contributed by atoms with Gasteiger partial charge in [0, 0.05) is 7.05 Å². The van der Waals surface area contributed by atoms with Crippen LogP contribution in [0.25, 0.3) is 0 Å². The van der Waals surface area contributed by atoms with E-state index in [2.05, 4.69) is 0 Å². The monoisotopic (exact) mass is 219 g/mol. The average Bonchev–Trinajstić information content (AvgIpc) is 2.33.